The standard InChI is InChI=1S/C23H27FN4O.C16H22FNO2.C8H5F3N2/c1-16-13-18(9-10-21(16)25-4)26-22(29)23(2,3)27-19-8-7-17(20(24)14-19)15-28-11-5-6-12-28;1-16(2,15(19)20)10-12-5-6-13(14(17)9-12)11-18-7-3-4-8-18;9-8(10,11)7-3-6(13)2-1-5(7)4-12/h7-10,13-14,27H,5-6,11-12,15H2,1-3H3,(H,26,29);5-6,9H,3-4,7-8,10-11H2,1-2H3,(H,19,20);1-3H,13H2. The van der Waals surface area contributed by atoms with Gasteiger partial charge in [0.15, 0.2) is 5.69 Å². The minimum atomic E-state index is -4.53. The molecule has 0 radical (unpaired) electrons. The third kappa shape index (κ3) is 14.0. The molecule has 0 bridgehead atoms. The molecule has 10 nitrogen and oxygen atoms in total. The summed E-state index contributed by atoms with van der Waals surface area (Å²) in [4.78, 5) is 31.8. The summed E-state index contributed by atoms with van der Waals surface area (Å²) in [6, 6.07) is 19.9. The van der Waals surface area contributed by atoms with Crippen LogP contribution in [-0.2, 0) is 35.3 Å². The summed E-state index contributed by atoms with van der Waals surface area (Å²) >= 11 is 0. The van der Waals surface area contributed by atoms with E-state index >= 15 is 0 Å². The van der Waals surface area contributed by atoms with Crippen LogP contribution in [0.5, 0.6) is 0 Å². The number of halogens is 5. The Labute approximate surface area is 360 Å². The molecule has 5 N–H and O–H groups in total. The molecule has 2 heterocycles. The summed E-state index contributed by atoms with van der Waals surface area (Å²) in [5, 5.41) is 23.5. The van der Waals surface area contributed by atoms with Gasteiger partial charge >= 0.3 is 12.1 Å². The fourth-order valence-corrected chi connectivity index (χ4v) is 6.99. The van der Waals surface area contributed by atoms with Crippen LogP contribution in [-0.4, -0.2) is 58.5 Å². The minimum absolute atomic E-state index is 0.00803. The van der Waals surface area contributed by atoms with Crippen molar-refractivity contribution < 1.29 is 36.6 Å². The number of likely N-dealkylation sites (tertiary alicyclic amines) is 2. The van der Waals surface area contributed by atoms with E-state index in [4.69, 9.17) is 22.7 Å². The maximum atomic E-state index is 14.6. The summed E-state index contributed by atoms with van der Waals surface area (Å²) < 4.78 is 65.3. The van der Waals surface area contributed by atoms with E-state index in [0.717, 1.165) is 49.4 Å². The highest BCUT2D eigenvalue weighted by Crippen LogP contribution is 2.33. The van der Waals surface area contributed by atoms with Gasteiger partial charge in [0.1, 0.15) is 17.2 Å². The third-order valence-corrected chi connectivity index (χ3v) is 10.6. The molecule has 2 aliphatic heterocycles. The molecular formula is C47H54F5N7O3. The highest BCUT2D eigenvalue weighted by molar-refractivity contribution is 5.99. The molecular weight excluding hydrogens is 806 g/mol. The van der Waals surface area contributed by atoms with Crippen molar-refractivity contribution in [3.8, 4) is 6.07 Å². The van der Waals surface area contributed by atoms with Gasteiger partial charge in [-0.05, 0) is 153 Å². The average Bonchev–Trinajstić information content (AvgIpc) is 3.92. The second kappa shape index (κ2) is 21.2. The molecule has 2 fully saturated rings. The van der Waals surface area contributed by atoms with Crippen molar-refractivity contribution in [1.82, 2.24) is 9.80 Å². The topological polar surface area (TPSA) is 139 Å². The van der Waals surface area contributed by atoms with Crippen LogP contribution in [0.3, 0.4) is 0 Å². The lowest BCUT2D eigenvalue weighted by Crippen LogP contribution is -2.44. The van der Waals surface area contributed by atoms with Gasteiger partial charge < -0.3 is 21.5 Å². The normalized spacial score (nSPS) is 14.4. The van der Waals surface area contributed by atoms with E-state index in [0.29, 0.717) is 47.7 Å². The number of nitrogens with two attached hydrogens (primary N) is 1. The lowest BCUT2D eigenvalue weighted by molar-refractivity contribution is -0.146. The van der Waals surface area contributed by atoms with Crippen LogP contribution in [0.25, 0.3) is 4.85 Å². The number of amides is 1. The molecule has 0 atom stereocenters. The Kier molecular flexibility index (Phi) is 16.6. The van der Waals surface area contributed by atoms with E-state index in [2.05, 4.69) is 25.3 Å². The number of hydrogen-bond donors (Lipinski definition) is 4. The number of nitriles is 1. The SMILES string of the molecule is CC(C)(Cc1ccc(CN2CCCC2)c(F)c1)C(=O)O.N#Cc1ccc(N)cc1C(F)(F)F.[C-]#[N+]c1ccc(NC(=O)C(C)(C)Nc2ccc(CN3CCCC3)c(F)c2)cc1C. The first kappa shape index (κ1) is 48.6. The average molecular weight is 860 g/mol. The number of carboxylic acid groups (broad SMARTS) is 1. The number of carbonyl (C=O) groups is 2. The van der Waals surface area contributed by atoms with E-state index in [1.165, 1.54) is 50.0 Å². The molecule has 2 saturated heterocycles. The smallest absolute Gasteiger partial charge is 0.417 e. The van der Waals surface area contributed by atoms with E-state index < -0.39 is 34.2 Å². The number of carbonyl (C=O) groups excluding carboxylic acids is 1. The molecule has 4 aromatic carbocycles. The predicted molar refractivity (Wildman–Crippen MR) is 231 cm³/mol. The van der Waals surface area contributed by atoms with Gasteiger partial charge in [0.05, 0.1) is 29.2 Å². The van der Waals surface area contributed by atoms with Gasteiger partial charge in [-0.3, -0.25) is 19.4 Å². The van der Waals surface area contributed by atoms with Gasteiger partial charge in [0.25, 0.3) is 0 Å². The largest absolute Gasteiger partial charge is 0.481 e. The van der Waals surface area contributed by atoms with Gasteiger partial charge in [-0.25, -0.2) is 13.6 Å². The summed E-state index contributed by atoms with van der Waals surface area (Å²) in [6.07, 6.45) is 0.526. The first-order valence-corrected chi connectivity index (χ1v) is 20.3. The maximum Gasteiger partial charge on any atom is 0.417 e. The molecule has 1 amide bonds. The van der Waals surface area contributed by atoms with Crippen LogP contribution in [0.2, 0.25) is 0 Å². The van der Waals surface area contributed by atoms with E-state index in [-0.39, 0.29) is 23.2 Å². The van der Waals surface area contributed by atoms with Gasteiger partial charge in [-0.2, -0.15) is 18.4 Å². The maximum absolute atomic E-state index is 14.6. The van der Waals surface area contributed by atoms with E-state index in [9.17, 15) is 31.5 Å². The molecule has 0 spiro atoms. The van der Waals surface area contributed by atoms with E-state index in [1.807, 2.05) is 19.1 Å². The van der Waals surface area contributed by atoms with Crippen molar-refractivity contribution in [1.29, 1.82) is 5.26 Å². The number of carboxylic acids is 1. The zero-order valence-electron chi connectivity index (χ0n) is 35.7. The molecule has 0 aliphatic carbocycles. The molecule has 62 heavy (non-hydrogen) atoms. The van der Waals surface area contributed by atoms with Gasteiger partial charge in [0, 0.05) is 41.3 Å². The van der Waals surface area contributed by atoms with Gasteiger partial charge in [-0.1, -0.05) is 24.3 Å². The zero-order chi connectivity index (χ0) is 45.8. The summed E-state index contributed by atoms with van der Waals surface area (Å²) in [5.74, 6) is -1.59. The highest BCUT2D eigenvalue weighted by atomic mass is 19.4. The summed E-state index contributed by atoms with van der Waals surface area (Å²) in [6.45, 7) is 21.1. The Morgan fingerprint density at radius 3 is 1.85 bits per heavy atom. The van der Waals surface area contributed by atoms with Crippen molar-refractivity contribution >= 4 is 34.6 Å². The van der Waals surface area contributed by atoms with Crippen LogP contribution in [0, 0.1) is 41.9 Å². The van der Waals surface area contributed by atoms with Crippen LogP contribution < -0.4 is 16.4 Å². The molecule has 4 aromatic rings. The Balaban J connectivity index is 0.000000222. The molecule has 0 aromatic heterocycles. The molecule has 2 aliphatic rings. The van der Waals surface area contributed by atoms with Crippen LogP contribution in [0.4, 0.5) is 44.7 Å². The second-order valence-corrected chi connectivity index (χ2v) is 16.8. The predicted octanol–water partition coefficient (Wildman–Crippen LogP) is 10.3. The number of rotatable bonds is 11. The molecule has 0 saturated carbocycles. The molecule has 330 valence electrons. The molecule has 15 heteroatoms. The van der Waals surface area contributed by atoms with Gasteiger partial charge in [-0.15, -0.1) is 0 Å². The van der Waals surface area contributed by atoms with Crippen molar-refractivity contribution in [2.24, 2.45) is 5.41 Å². The lowest BCUT2D eigenvalue weighted by atomic mass is 9.85. The fraction of sp³-hybridized carbons (Fsp3) is 0.404. The fourth-order valence-electron chi connectivity index (χ4n) is 6.99. The Morgan fingerprint density at radius 2 is 1.37 bits per heavy atom. The van der Waals surface area contributed by atoms with Crippen LogP contribution >= 0.6 is 0 Å². The number of aryl methyl sites for hydroxylation is 1. The first-order valence-electron chi connectivity index (χ1n) is 20.3. The number of nitrogens with zero attached hydrogens (tertiary/aromatic N) is 4. The summed E-state index contributed by atoms with van der Waals surface area (Å²) in [5.41, 5.74) is 6.60. The monoisotopic (exact) mass is 859 g/mol. The quantitative estimate of drug-likeness (QED) is 0.0664. The molecule has 0 unspecified atom stereocenters. The first-order chi connectivity index (χ1) is 29.1. The number of anilines is 3. The number of nitrogen functional groups attached to an aromatic ring is 1. The second-order valence-electron chi connectivity index (χ2n) is 16.8. The van der Waals surface area contributed by atoms with Crippen molar-refractivity contribution in [3.63, 3.8) is 0 Å². The Hall–Kier alpha value is -6.03. The highest BCUT2D eigenvalue weighted by Gasteiger charge is 2.34. The van der Waals surface area contributed by atoms with Crippen LogP contribution in [0.15, 0.2) is 72.8 Å². The number of aliphatic carboxylic acids is 1. The van der Waals surface area contributed by atoms with Crippen molar-refractivity contribution in [3.05, 3.63) is 129 Å². The van der Waals surface area contributed by atoms with Crippen LogP contribution in [0.1, 0.15) is 86.8 Å². The summed E-state index contributed by atoms with van der Waals surface area (Å²) in [7, 11) is 0. The van der Waals surface area contributed by atoms with Crippen molar-refractivity contribution in [2.45, 2.75) is 91.5 Å². The Morgan fingerprint density at radius 1 is 0.823 bits per heavy atom. The molecule has 6 rings (SSSR count). The van der Waals surface area contributed by atoms with Gasteiger partial charge in [0.2, 0.25) is 5.91 Å². The third-order valence-electron chi connectivity index (χ3n) is 10.6. The zero-order valence-corrected chi connectivity index (χ0v) is 35.7. The number of benzene rings is 4. The Bertz CT molecular complexity index is 2290. The minimum Gasteiger partial charge on any atom is -0.481 e. The van der Waals surface area contributed by atoms with Crippen molar-refractivity contribution in [2.75, 3.05) is 42.5 Å². The van der Waals surface area contributed by atoms with E-state index in [1.54, 1.807) is 58.0 Å². The number of nitrogens with one attached hydrogen (secondary N) is 2. The number of alkyl halides is 3. The lowest BCUT2D eigenvalue weighted by Gasteiger charge is -2.27. The number of hydrogen-bond acceptors (Lipinski definition) is 7.